The molecule has 0 spiro atoms. The number of nitrogens with zero attached hydrogens (tertiary/aromatic N) is 2. The van der Waals surface area contributed by atoms with Gasteiger partial charge in [0.05, 0.1) is 28.7 Å². The largest absolute Gasteiger partial charge is 0.460 e. The molecule has 0 aromatic heterocycles. The number of rotatable bonds is 4. The van der Waals surface area contributed by atoms with Crippen LogP contribution in [0, 0.1) is 21.7 Å². The molecular formula is C17H22F2N2O5. The van der Waals surface area contributed by atoms with Crippen LogP contribution in [-0.4, -0.2) is 40.3 Å². The summed E-state index contributed by atoms with van der Waals surface area (Å²) in [7, 11) is 0. The summed E-state index contributed by atoms with van der Waals surface area (Å²) < 4.78 is 33.1. The van der Waals surface area contributed by atoms with Gasteiger partial charge in [0, 0.05) is 19.2 Å². The van der Waals surface area contributed by atoms with Gasteiger partial charge in [0.15, 0.2) is 5.82 Å². The summed E-state index contributed by atoms with van der Waals surface area (Å²) in [5.74, 6) is -2.56. The van der Waals surface area contributed by atoms with Crippen molar-refractivity contribution in [3.05, 3.63) is 33.9 Å². The van der Waals surface area contributed by atoms with Gasteiger partial charge in [0.1, 0.15) is 5.60 Å². The zero-order chi connectivity index (χ0) is 19.7. The SMILES string of the molecule is CC(C)(C)OC(=O)CC1(O)CCN(c2cc(F)c([N+](=O)[O-])cc2F)CC1. The maximum absolute atomic E-state index is 14.1. The average Bonchev–Trinajstić information content (AvgIpc) is 2.47. The van der Waals surface area contributed by atoms with Crippen LogP contribution in [0.4, 0.5) is 20.2 Å². The summed E-state index contributed by atoms with van der Waals surface area (Å²) >= 11 is 0. The first-order chi connectivity index (χ1) is 11.9. The van der Waals surface area contributed by atoms with Crippen LogP contribution in [0.2, 0.25) is 0 Å². The van der Waals surface area contributed by atoms with E-state index in [1.807, 2.05) is 0 Å². The smallest absolute Gasteiger partial charge is 0.309 e. The van der Waals surface area contributed by atoms with Crippen LogP contribution in [0.3, 0.4) is 0 Å². The predicted molar refractivity (Wildman–Crippen MR) is 89.9 cm³/mol. The van der Waals surface area contributed by atoms with Crippen molar-refractivity contribution in [3.8, 4) is 0 Å². The molecule has 26 heavy (non-hydrogen) atoms. The fourth-order valence-corrected chi connectivity index (χ4v) is 2.89. The molecule has 1 heterocycles. The number of nitro benzene ring substituents is 1. The van der Waals surface area contributed by atoms with Gasteiger partial charge in [0.2, 0.25) is 5.82 Å². The first kappa shape index (κ1) is 20.0. The molecule has 0 radical (unpaired) electrons. The van der Waals surface area contributed by atoms with E-state index in [1.54, 1.807) is 20.8 Å². The number of benzene rings is 1. The molecule has 1 aliphatic rings. The first-order valence-electron chi connectivity index (χ1n) is 8.23. The highest BCUT2D eigenvalue weighted by molar-refractivity contribution is 5.71. The molecule has 1 saturated heterocycles. The topological polar surface area (TPSA) is 92.9 Å². The van der Waals surface area contributed by atoms with Gasteiger partial charge in [-0.15, -0.1) is 0 Å². The monoisotopic (exact) mass is 372 g/mol. The van der Waals surface area contributed by atoms with Crippen molar-refractivity contribution in [1.29, 1.82) is 0 Å². The maximum atomic E-state index is 14.1. The Kier molecular flexibility index (Phi) is 5.50. The molecule has 9 heteroatoms. The van der Waals surface area contributed by atoms with Gasteiger partial charge in [0.25, 0.3) is 0 Å². The van der Waals surface area contributed by atoms with Crippen molar-refractivity contribution >= 4 is 17.3 Å². The minimum absolute atomic E-state index is 0.104. The third-order valence-electron chi connectivity index (χ3n) is 4.14. The zero-order valence-electron chi connectivity index (χ0n) is 14.9. The third kappa shape index (κ3) is 4.87. The fourth-order valence-electron chi connectivity index (χ4n) is 2.89. The predicted octanol–water partition coefficient (Wildman–Crippen LogP) is 2.94. The number of anilines is 1. The molecule has 0 amide bonds. The summed E-state index contributed by atoms with van der Waals surface area (Å²) in [4.78, 5) is 23.1. The molecule has 7 nitrogen and oxygen atoms in total. The van der Waals surface area contributed by atoms with E-state index < -0.39 is 39.4 Å². The van der Waals surface area contributed by atoms with Crippen LogP contribution in [0.15, 0.2) is 12.1 Å². The zero-order valence-corrected chi connectivity index (χ0v) is 14.9. The van der Waals surface area contributed by atoms with E-state index in [-0.39, 0.29) is 38.0 Å². The van der Waals surface area contributed by atoms with Crippen LogP contribution < -0.4 is 4.90 Å². The number of nitro groups is 1. The molecule has 0 unspecified atom stereocenters. The minimum atomic E-state index is -1.28. The van der Waals surface area contributed by atoms with Crippen molar-refractivity contribution in [3.63, 3.8) is 0 Å². The van der Waals surface area contributed by atoms with Crippen LogP contribution in [0.5, 0.6) is 0 Å². The molecule has 1 N–H and O–H groups in total. The number of hydrogen-bond acceptors (Lipinski definition) is 6. The van der Waals surface area contributed by atoms with Crippen molar-refractivity contribution in [2.75, 3.05) is 18.0 Å². The van der Waals surface area contributed by atoms with Crippen molar-refractivity contribution in [2.45, 2.75) is 51.2 Å². The van der Waals surface area contributed by atoms with Crippen molar-refractivity contribution < 1.29 is 28.3 Å². The summed E-state index contributed by atoms with van der Waals surface area (Å²) in [6.45, 7) is 5.53. The second-order valence-electron chi connectivity index (χ2n) is 7.49. The molecule has 1 aromatic carbocycles. The second kappa shape index (κ2) is 7.14. The van der Waals surface area contributed by atoms with E-state index in [1.165, 1.54) is 4.90 Å². The number of aliphatic hydroxyl groups is 1. The maximum Gasteiger partial charge on any atom is 0.309 e. The molecular weight excluding hydrogens is 350 g/mol. The van der Waals surface area contributed by atoms with Crippen LogP contribution in [0.25, 0.3) is 0 Å². The van der Waals surface area contributed by atoms with Gasteiger partial charge < -0.3 is 14.7 Å². The number of carbonyl (C=O) groups excluding carboxylic acids is 1. The molecule has 0 bridgehead atoms. The summed E-state index contributed by atoms with van der Waals surface area (Å²) in [6.07, 6.45) is 0.129. The minimum Gasteiger partial charge on any atom is -0.460 e. The Morgan fingerprint density at radius 2 is 1.88 bits per heavy atom. The molecule has 1 aromatic rings. The van der Waals surface area contributed by atoms with E-state index in [9.17, 15) is 28.8 Å². The Balaban J connectivity index is 2.05. The fraction of sp³-hybridized carbons (Fsp3) is 0.588. The molecule has 0 atom stereocenters. The van der Waals surface area contributed by atoms with Gasteiger partial charge >= 0.3 is 11.7 Å². The third-order valence-corrected chi connectivity index (χ3v) is 4.14. The van der Waals surface area contributed by atoms with Crippen LogP contribution in [-0.2, 0) is 9.53 Å². The van der Waals surface area contributed by atoms with Gasteiger partial charge in [-0.25, -0.2) is 4.39 Å². The van der Waals surface area contributed by atoms with Crippen molar-refractivity contribution in [2.24, 2.45) is 0 Å². The van der Waals surface area contributed by atoms with E-state index in [0.717, 1.165) is 6.07 Å². The van der Waals surface area contributed by atoms with Crippen LogP contribution >= 0.6 is 0 Å². The molecule has 144 valence electrons. The quantitative estimate of drug-likeness (QED) is 0.496. The second-order valence-corrected chi connectivity index (χ2v) is 7.49. The molecule has 0 aliphatic carbocycles. The highest BCUT2D eigenvalue weighted by Gasteiger charge is 2.37. The Labute approximate surface area is 149 Å². The average molecular weight is 372 g/mol. The normalized spacial score (nSPS) is 17.1. The summed E-state index contributed by atoms with van der Waals surface area (Å²) in [5, 5.41) is 21.2. The highest BCUT2D eigenvalue weighted by atomic mass is 19.1. The Morgan fingerprint density at radius 1 is 1.31 bits per heavy atom. The molecule has 1 aliphatic heterocycles. The Bertz CT molecular complexity index is 710. The highest BCUT2D eigenvalue weighted by Crippen LogP contribution is 2.33. The standard InChI is InChI=1S/C17H22F2N2O5/c1-16(2,3)26-15(22)10-17(23)4-6-20(7-5-17)13-8-12(19)14(21(24)25)9-11(13)18/h8-9,23H,4-7,10H2,1-3H3. The lowest BCUT2D eigenvalue weighted by atomic mass is 9.88. The number of halogens is 2. The van der Waals surface area contributed by atoms with Gasteiger partial charge in [-0.2, -0.15) is 4.39 Å². The van der Waals surface area contributed by atoms with Gasteiger partial charge in [-0.3, -0.25) is 14.9 Å². The lowest BCUT2D eigenvalue weighted by Gasteiger charge is -2.39. The van der Waals surface area contributed by atoms with E-state index >= 15 is 0 Å². The first-order valence-corrected chi connectivity index (χ1v) is 8.23. The summed E-state index contributed by atoms with van der Waals surface area (Å²) in [6, 6.07) is 1.33. The number of esters is 1. The lowest BCUT2D eigenvalue weighted by Crippen LogP contribution is -2.46. The van der Waals surface area contributed by atoms with Gasteiger partial charge in [-0.05, 0) is 33.6 Å². The molecule has 2 rings (SSSR count). The number of carbonyl (C=O) groups is 1. The van der Waals surface area contributed by atoms with E-state index in [0.29, 0.717) is 6.07 Å². The number of piperidine rings is 1. The molecule has 1 fully saturated rings. The lowest BCUT2D eigenvalue weighted by molar-refractivity contribution is -0.387. The summed E-state index contributed by atoms with van der Waals surface area (Å²) in [5.41, 5.74) is -2.97. The number of ether oxygens (including phenoxy) is 1. The molecule has 0 saturated carbocycles. The van der Waals surface area contributed by atoms with E-state index in [2.05, 4.69) is 0 Å². The Hall–Kier alpha value is -2.29. The number of hydrogen-bond donors (Lipinski definition) is 1. The van der Waals surface area contributed by atoms with Gasteiger partial charge in [-0.1, -0.05) is 0 Å². The van der Waals surface area contributed by atoms with E-state index in [4.69, 9.17) is 4.74 Å². The van der Waals surface area contributed by atoms with Crippen molar-refractivity contribution in [1.82, 2.24) is 0 Å². The Morgan fingerprint density at radius 3 is 2.38 bits per heavy atom. The van der Waals surface area contributed by atoms with Crippen LogP contribution in [0.1, 0.15) is 40.0 Å².